The average Bonchev–Trinajstić information content (AvgIpc) is 2.89. The molecule has 0 fully saturated rings. The molecule has 1 aromatic heterocycles. The van der Waals surface area contributed by atoms with Crippen LogP contribution < -0.4 is 5.32 Å². The summed E-state index contributed by atoms with van der Waals surface area (Å²) in [5.74, 6) is -0.409. The summed E-state index contributed by atoms with van der Waals surface area (Å²) in [4.78, 5) is 22.1. The number of nitro groups is 1. The number of benzene rings is 1. The molecule has 0 unspecified atom stereocenters. The minimum Gasteiger partial charge on any atom is -0.392 e. The van der Waals surface area contributed by atoms with Gasteiger partial charge in [0.15, 0.2) is 0 Å². The number of hydrogen-bond acceptors (Lipinski definition) is 5. The lowest BCUT2D eigenvalue weighted by atomic mass is 10.2. The Morgan fingerprint density at radius 3 is 2.79 bits per heavy atom. The molecule has 2 rings (SSSR count). The number of nitrogens with zero attached hydrogens (tertiary/aromatic N) is 1. The van der Waals surface area contributed by atoms with E-state index in [-0.39, 0.29) is 16.5 Å². The molecule has 19 heavy (non-hydrogen) atoms. The summed E-state index contributed by atoms with van der Waals surface area (Å²) >= 11 is 0.818. The molecule has 1 aromatic carbocycles. The van der Waals surface area contributed by atoms with E-state index in [9.17, 15) is 14.9 Å². The Morgan fingerprint density at radius 2 is 2.16 bits per heavy atom. The fourth-order valence-electron chi connectivity index (χ4n) is 1.49. The lowest BCUT2D eigenvalue weighted by molar-refractivity contribution is -0.380. The molecule has 1 amide bonds. The highest BCUT2D eigenvalue weighted by atomic mass is 32.1. The SMILES string of the molecule is O=C(Nc1cccc(CO)c1)c1ccc([N+](=O)[O-])s1. The third-order valence-electron chi connectivity index (χ3n) is 2.36. The van der Waals surface area contributed by atoms with Crippen LogP contribution in [0.2, 0.25) is 0 Å². The maximum Gasteiger partial charge on any atom is 0.324 e. The van der Waals surface area contributed by atoms with Crippen molar-refractivity contribution in [2.75, 3.05) is 5.32 Å². The van der Waals surface area contributed by atoms with Crippen LogP contribution in [0.3, 0.4) is 0 Å². The second kappa shape index (κ2) is 5.59. The number of nitrogens with one attached hydrogen (secondary N) is 1. The van der Waals surface area contributed by atoms with Crippen molar-refractivity contribution in [1.29, 1.82) is 0 Å². The van der Waals surface area contributed by atoms with Crippen molar-refractivity contribution in [3.8, 4) is 0 Å². The molecule has 0 aliphatic carbocycles. The van der Waals surface area contributed by atoms with Gasteiger partial charge in [0.05, 0.1) is 16.4 Å². The highest BCUT2D eigenvalue weighted by Crippen LogP contribution is 2.24. The van der Waals surface area contributed by atoms with E-state index in [0.717, 1.165) is 11.3 Å². The van der Waals surface area contributed by atoms with Crippen LogP contribution in [0, 0.1) is 10.1 Å². The summed E-state index contributed by atoms with van der Waals surface area (Å²) in [6.07, 6.45) is 0. The molecule has 0 saturated carbocycles. The molecule has 0 spiro atoms. The number of hydrogen-bond donors (Lipinski definition) is 2. The Kier molecular flexibility index (Phi) is 3.88. The van der Waals surface area contributed by atoms with Crippen LogP contribution in [-0.4, -0.2) is 15.9 Å². The van der Waals surface area contributed by atoms with Crippen LogP contribution in [0.1, 0.15) is 15.2 Å². The van der Waals surface area contributed by atoms with Crippen LogP contribution in [0.4, 0.5) is 10.7 Å². The molecule has 0 aliphatic rings. The smallest absolute Gasteiger partial charge is 0.324 e. The molecule has 6 nitrogen and oxygen atoms in total. The zero-order valence-corrected chi connectivity index (χ0v) is 10.5. The van der Waals surface area contributed by atoms with Crippen molar-refractivity contribution in [1.82, 2.24) is 0 Å². The third kappa shape index (κ3) is 3.15. The zero-order chi connectivity index (χ0) is 13.8. The van der Waals surface area contributed by atoms with Gasteiger partial charge in [0.2, 0.25) is 0 Å². The Labute approximate surface area is 112 Å². The highest BCUT2D eigenvalue weighted by Gasteiger charge is 2.15. The number of carbonyl (C=O) groups excluding carboxylic acids is 1. The van der Waals surface area contributed by atoms with E-state index in [2.05, 4.69) is 5.32 Å². The Bertz CT molecular complexity index is 624. The third-order valence-corrected chi connectivity index (χ3v) is 3.40. The molecule has 2 aromatic rings. The zero-order valence-electron chi connectivity index (χ0n) is 9.70. The molecular formula is C12H10N2O4S. The molecule has 0 bridgehead atoms. The van der Waals surface area contributed by atoms with E-state index in [0.29, 0.717) is 11.3 Å². The second-order valence-corrected chi connectivity index (χ2v) is 4.77. The molecule has 0 saturated heterocycles. The molecule has 7 heteroatoms. The molecule has 0 aliphatic heterocycles. The second-order valence-electron chi connectivity index (χ2n) is 3.71. The van der Waals surface area contributed by atoms with Crippen LogP contribution in [0.5, 0.6) is 0 Å². The molecular weight excluding hydrogens is 268 g/mol. The summed E-state index contributed by atoms with van der Waals surface area (Å²) < 4.78 is 0. The quantitative estimate of drug-likeness (QED) is 0.663. The lowest BCUT2D eigenvalue weighted by Crippen LogP contribution is -2.10. The highest BCUT2D eigenvalue weighted by molar-refractivity contribution is 7.17. The predicted octanol–water partition coefficient (Wildman–Crippen LogP) is 2.40. The Morgan fingerprint density at radius 1 is 1.37 bits per heavy atom. The first kappa shape index (κ1) is 13.2. The monoisotopic (exact) mass is 278 g/mol. The summed E-state index contributed by atoms with van der Waals surface area (Å²) in [7, 11) is 0. The number of aliphatic hydroxyl groups is 1. The molecule has 0 atom stereocenters. The van der Waals surface area contributed by atoms with E-state index in [1.54, 1.807) is 24.3 Å². The fraction of sp³-hybridized carbons (Fsp3) is 0.0833. The average molecular weight is 278 g/mol. The summed E-state index contributed by atoms with van der Waals surface area (Å²) in [5.41, 5.74) is 1.21. The van der Waals surface area contributed by atoms with Gasteiger partial charge in [-0.3, -0.25) is 14.9 Å². The van der Waals surface area contributed by atoms with E-state index in [4.69, 9.17) is 5.11 Å². The largest absolute Gasteiger partial charge is 0.392 e. The number of anilines is 1. The van der Waals surface area contributed by atoms with Gasteiger partial charge in [-0.05, 0) is 23.8 Å². The number of amides is 1. The van der Waals surface area contributed by atoms with Crippen LogP contribution >= 0.6 is 11.3 Å². The standard InChI is InChI=1S/C12H10N2O4S/c15-7-8-2-1-3-9(6-8)13-12(16)10-4-5-11(19-10)14(17)18/h1-6,15H,7H2,(H,13,16). The van der Waals surface area contributed by atoms with Gasteiger partial charge in [0, 0.05) is 11.8 Å². The minimum absolute atomic E-state index is 0.0748. The first-order chi connectivity index (χ1) is 9.10. The maximum absolute atomic E-state index is 11.9. The minimum atomic E-state index is -0.534. The number of aliphatic hydroxyl groups excluding tert-OH is 1. The lowest BCUT2D eigenvalue weighted by Gasteiger charge is -2.04. The van der Waals surface area contributed by atoms with Crippen molar-refractivity contribution >= 4 is 27.9 Å². The van der Waals surface area contributed by atoms with E-state index in [1.807, 2.05) is 0 Å². The number of carbonyl (C=O) groups is 1. The Balaban J connectivity index is 2.13. The molecule has 0 radical (unpaired) electrons. The van der Waals surface area contributed by atoms with Crippen molar-refractivity contribution in [3.05, 3.63) is 57.0 Å². The van der Waals surface area contributed by atoms with Crippen molar-refractivity contribution in [2.24, 2.45) is 0 Å². The predicted molar refractivity (Wildman–Crippen MR) is 71.3 cm³/mol. The molecule has 1 heterocycles. The Hall–Kier alpha value is -2.25. The van der Waals surface area contributed by atoms with Crippen LogP contribution in [-0.2, 0) is 6.61 Å². The van der Waals surface area contributed by atoms with Gasteiger partial charge in [-0.2, -0.15) is 0 Å². The van der Waals surface area contributed by atoms with Gasteiger partial charge in [0.1, 0.15) is 0 Å². The topological polar surface area (TPSA) is 92.5 Å². The fourth-order valence-corrected chi connectivity index (χ4v) is 2.20. The van der Waals surface area contributed by atoms with Gasteiger partial charge in [0.25, 0.3) is 5.91 Å². The van der Waals surface area contributed by atoms with Gasteiger partial charge in [-0.1, -0.05) is 23.5 Å². The van der Waals surface area contributed by atoms with E-state index in [1.165, 1.54) is 12.1 Å². The first-order valence-electron chi connectivity index (χ1n) is 5.35. The van der Waals surface area contributed by atoms with Crippen LogP contribution in [0.15, 0.2) is 36.4 Å². The van der Waals surface area contributed by atoms with Gasteiger partial charge < -0.3 is 10.4 Å². The van der Waals surface area contributed by atoms with Gasteiger partial charge in [-0.15, -0.1) is 0 Å². The van der Waals surface area contributed by atoms with Crippen molar-refractivity contribution < 1.29 is 14.8 Å². The summed E-state index contributed by atoms with van der Waals surface area (Å²) in [6, 6.07) is 9.46. The molecule has 98 valence electrons. The number of rotatable bonds is 4. The van der Waals surface area contributed by atoms with Gasteiger partial charge in [-0.25, -0.2) is 0 Å². The van der Waals surface area contributed by atoms with Crippen molar-refractivity contribution in [3.63, 3.8) is 0 Å². The number of thiophene rings is 1. The summed E-state index contributed by atoms with van der Waals surface area (Å²) in [6.45, 7) is -0.117. The first-order valence-corrected chi connectivity index (χ1v) is 6.17. The molecule has 2 N–H and O–H groups in total. The van der Waals surface area contributed by atoms with Crippen LogP contribution in [0.25, 0.3) is 0 Å². The van der Waals surface area contributed by atoms with Crippen molar-refractivity contribution in [2.45, 2.75) is 6.61 Å². The maximum atomic E-state index is 11.9. The van der Waals surface area contributed by atoms with Gasteiger partial charge >= 0.3 is 5.00 Å². The van der Waals surface area contributed by atoms with E-state index >= 15 is 0 Å². The normalized spacial score (nSPS) is 10.2. The summed E-state index contributed by atoms with van der Waals surface area (Å²) in [5, 5.41) is 22.1. The van der Waals surface area contributed by atoms with E-state index < -0.39 is 10.8 Å².